The lowest BCUT2D eigenvalue weighted by atomic mass is 10.2. The summed E-state index contributed by atoms with van der Waals surface area (Å²) < 4.78 is 1.51. The molecule has 2 aromatic heterocycles. The fraction of sp³-hybridized carbons (Fsp3) is 0.167. The van der Waals surface area contributed by atoms with Crippen molar-refractivity contribution in [1.29, 1.82) is 0 Å². The van der Waals surface area contributed by atoms with Crippen molar-refractivity contribution in [2.75, 3.05) is 17.2 Å². The van der Waals surface area contributed by atoms with E-state index in [0.29, 0.717) is 28.4 Å². The van der Waals surface area contributed by atoms with Gasteiger partial charge in [-0.2, -0.15) is 0 Å². The molecule has 7 heteroatoms. The quantitative estimate of drug-likeness (QED) is 0.366. The van der Waals surface area contributed by atoms with Crippen molar-refractivity contribution in [3.05, 3.63) is 88.3 Å². The maximum absolute atomic E-state index is 13.3. The number of anilines is 1. The number of aryl methyl sites for hydroxylation is 1. The van der Waals surface area contributed by atoms with Gasteiger partial charge in [-0.25, -0.2) is 14.5 Å². The maximum Gasteiger partial charge on any atom is 0.267 e. The number of benzene rings is 2. The largest absolute Gasteiger partial charge is 0.311 e. The van der Waals surface area contributed by atoms with Crippen molar-refractivity contribution in [3.8, 4) is 5.82 Å². The topological polar surface area (TPSA) is 68.1 Å². The van der Waals surface area contributed by atoms with Crippen LogP contribution in [0, 0.1) is 6.92 Å². The van der Waals surface area contributed by atoms with Gasteiger partial charge in [0.2, 0.25) is 5.91 Å². The molecule has 0 spiro atoms. The zero-order valence-corrected chi connectivity index (χ0v) is 17.8. The summed E-state index contributed by atoms with van der Waals surface area (Å²) in [4.78, 5) is 37.2. The Kier molecular flexibility index (Phi) is 5.03. The normalized spacial score (nSPS) is 12.9. The predicted molar refractivity (Wildman–Crippen MR) is 123 cm³/mol. The van der Waals surface area contributed by atoms with E-state index in [1.165, 1.54) is 21.9 Å². The van der Waals surface area contributed by atoms with Crippen LogP contribution in [0.4, 0.5) is 5.69 Å². The third-order valence-electron chi connectivity index (χ3n) is 5.39. The highest BCUT2D eigenvalue weighted by atomic mass is 32.2. The van der Waals surface area contributed by atoms with Crippen LogP contribution in [0.5, 0.6) is 0 Å². The Morgan fingerprint density at radius 1 is 1.10 bits per heavy atom. The number of carbonyl (C=O) groups excluding carboxylic acids is 1. The van der Waals surface area contributed by atoms with Crippen molar-refractivity contribution in [1.82, 2.24) is 14.5 Å². The van der Waals surface area contributed by atoms with E-state index in [0.717, 1.165) is 17.7 Å². The average molecular weight is 429 g/mol. The van der Waals surface area contributed by atoms with Crippen LogP contribution < -0.4 is 10.5 Å². The van der Waals surface area contributed by atoms with E-state index in [2.05, 4.69) is 11.1 Å². The molecule has 1 amide bonds. The van der Waals surface area contributed by atoms with Gasteiger partial charge in [0.1, 0.15) is 5.82 Å². The number of pyridine rings is 1. The molecule has 1 aliphatic rings. The molecule has 31 heavy (non-hydrogen) atoms. The van der Waals surface area contributed by atoms with Gasteiger partial charge in [0.25, 0.3) is 5.56 Å². The van der Waals surface area contributed by atoms with Crippen LogP contribution in [0.1, 0.15) is 11.1 Å². The van der Waals surface area contributed by atoms with Gasteiger partial charge in [0.05, 0.1) is 16.7 Å². The minimum Gasteiger partial charge on any atom is -0.311 e. The third kappa shape index (κ3) is 3.61. The Balaban J connectivity index is 1.51. The van der Waals surface area contributed by atoms with E-state index in [9.17, 15) is 9.59 Å². The Hall–Kier alpha value is -3.45. The second-order valence-corrected chi connectivity index (χ2v) is 8.40. The van der Waals surface area contributed by atoms with Gasteiger partial charge in [-0.3, -0.25) is 9.59 Å². The number of carbonyl (C=O) groups is 1. The van der Waals surface area contributed by atoms with E-state index in [1.54, 1.807) is 12.3 Å². The summed E-state index contributed by atoms with van der Waals surface area (Å²) in [5.74, 6) is 0.691. The van der Waals surface area contributed by atoms with Crippen molar-refractivity contribution >= 4 is 34.3 Å². The van der Waals surface area contributed by atoms with Crippen molar-refractivity contribution in [2.45, 2.75) is 18.5 Å². The smallest absolute Gasteiger partial charge is 0.267 e. The number of para-hydroxylation sites is 2. The molecule has 0 unspecified atom stereocenters. The fourth-order valence-electron chi connectivity index (χ4n) is 3.86. The molecule has 4 aromatic rings. The molecule has 0 fully saturated rings. The van der Waals surface area contributed by atoms with Crippen LogP contribution in [0.3, 0.4) is 0 Å². The van der Waals surface area contributed by atoms with E-state index >= 15 is 0 Å². The summed E-state index contributed by atoms with van der Waals surface area (Å²) in [5, 5.41) is 0.984. The molecule has 2 aromatic carbocycles. The molecule has 0 atom stereocenters. The molecule has 6 nitrogen and oxygen atoms in total. The number of aromatic nitrogens is 3. The molecule has 0 saturated heterocycles. The molecular formula is C24H20N4O2S. The summed E-state index contributed by atoms with van der Waals surface area (Å²) in [6.45, 7) is 2.63. The molecule has 154 valence electrons. The molecule has 3 heterocycles. The van der Waals surface area contributed by atoms with Gasteiger partial charge in [-0.05, 0) is 54.8 Å². The Morgan fingerprint density at radius 3 is 2.77 bits per heavy atom. The summed E-state index contributed by atoms with van der Waals surface area (Å²) in [7, 11) is 0. The summed E-state index contributed by atoms with van der Waals surface area (Å²) in [6, 6.07) is 19.0. The molecule has 0 N–H and O–H groups in total. The number of nitrogens with zero attached hydrogens (tertiary/aromatic N) is 4. The number of hydrogen-bond donors (Lipinski definition) is 0. The molecule has 0 saturated carbocycles. The van der Waals surface area contributed by atoms with Gasteiger partial charge in [-0.15, -0.1) is 0 Å². The van der Waals surface area contributed by atoms with Crippen molar-refractivity contribution < 1.29 is 4.79 Å². The molecule has 0 radical (unpaired) electrons. The number of amides is 1. The van der Waals surface area contributed by atoms with Crippen LogP contribution >= 0.6 is 11.8 Å². The number of rotatable bonds is 4. The van der Waals surface area contributed by atoms with Crippen molar-refractivity contribution in [2.24, 2.45) is 0 Å². The van der Waals surface area contributed by atoms with Crippen LogP contribution in [-0.4, -0.2) is 32.7 Å². The Bertz CT molecular complexity index is 1370. The molecule has 5 rings (SSSR count). The lowest BCUT2D eigenvalue weighted by molar-refractivity contribution is -0.116. The van der Waals surface area contributed by atoms with Crippen LogP contribution in [0.15, 0.2) is 76.8 Å². The van der Waals surface area contributed by atoms with Crippen LogP contribution in [-0.2, 0) is 11.2 Å². The number of fused-ring (bicyclic) bond motifs is 2. The summed E-state index contributed by atoms with van der Waals surface area (Å²) in [6.07, 6.45) is 2.53. The second kappa shape index (κ2) is 8.00. The molecule has 1 aliphatic heterocycles. The monoisotopic (exact) mass is 428 g/mol. The minimum atomic E-state index is -0.190. The lowest BCUT2D eigenvalue weighted by Gasteiger charge is -2.18. The van der Waals surface area contributed by atoms with E-state index in [4.69, 9.17) is 4.98 Å². The zero-order valence-electron chi connectivity index (χ0n) is 17.0. The average Bonchev–Trinajstić information content (AvgIpc) is 3.22. The molecule has 0 bridgehead atoms. The van der Waals surface area contributed by atoms with Gasteiger partial charge >= 0.3 is 0 Å². The van der Waals surface area contributed by atoms with E-state index < -0.39 is 0 Å². The SMILES string of the molecule is Cc1ccnc(-n2c(SCC(=O)N3CCc4ccccc43)nc3ccccc3c2=O)c1. The minimum absolute atomic E-state index is 0.00103. The highest BCUT2D eigenvalue weighted by Gasteiger charge is 2.25. The standard InChI is InChI=1S/C24H20N4O2S/c1-16-10-12-25-21(14-16)28-23(30)18-7-3-4-8-19(18)26-24(28)31-15-22(29)27-13-11-17-6-2-5-9-20(17)27/h2-10,12,14H,11,13,15H2,1H3. The third-order valence-corrected chi connectivity index (χ3v) is 6.31. The zero-order chi connectivity index (χ0) is 21.4. The lowest BCUT2D eigenvalue weighted by Crippen LogP contribution is -2.31. The molecular weight excluding hydrogens is 408 g/mol. The summed E-state index contributed by atoms with van der Waals surface area (Å²) in [5.41, 5.74) is 3.57. The Morgan fingerprint density at radius 2 is 1.90 bits per heavy atom. The van der Waals surface area contributed by atoms with E-state index in [-0.39, 0.29) is 17.2 Å². The highest BCUT2D eigenvalue weighted by molar-refractivity contribution is 7.99. The summed E-state index contributed by atoms with van der Waals surface area (Å²) >= 11 is 1.27. The maximum atomic E-state index is 13.3. The first-order valence-corrected chi connectivity index (χ1v) is 11.1. The Labute approximate surface area is 183 Å². The number of hydrogen-bond acceptors (Lipinski definition) is 5. The van der Waals surface area contributed by atoms with Gasteiger partial charge in [-0.1, -0.05) is 42.1 Å². The first-order chi connectivity index (χ1) is 15.1. The first-order valence-electron chi connectivity index (χ1n) is 10.1. The van der Waals surface area contributed by atoms with Crippen LogP contribution in [0.25, 0.3) is 16.7 Å². The van der Waals surface area contributed by atoms with Crippen molar-refractivity contribution in [3.63, 3.8) is 0 Å². The second-order valence-electron chi connectivity index (χ2n) is 7.46. The predicted octanol–water partition coefficient (Wildman–Crippen LogP) is 3.77. The van der Waals surface area contributed by atoms with Gasteiger partial charge in [0.15, 0.2) is 5.16 Å². The van der Waals surface area contributed by atoms with Gasteiger partial charge < -0.3 is 4.90 Å². The first kappa shape index (κ1) is 19.5. The highest BCUT2D eigenvalue weighted by Crippen LogP contribution is 2.29. The molecule has 0 aliphatic carbocycles. The fourth-order valence-corrected chi connectivity index (χ4v) is 4.73. The van der Waals surface area contributed by atoms with E-state index in [1.807, 2.05) is 60.4 Å². The number of thioether (sulfide) groups is 1. The van der Waals surface area contributed by atoms with Crippen LogP contribution in [0.2, 0.25) is 0 Å². The van der Waals surface area contributed by atoms with Gasteiger partial charge in [0, 0.05) is 18.4 Å².